The summed E-state index contributed by atoms with van der Waals surface area (Å²) < 4.78 is 31.5. The van der Waals surface area contributed by atoms with Gasteiger partial charge in [-0.2, -0.15) is 0 Å². The molecule has 0 bridgehead atoms. The molecule has 0 atom stereocenters. The first kappa shape index (κ1) is 22.9. The second-order valence-electron chi connectivity index (χ2n) is 10.3. The van der Waals surface area contributed by atoms with Gasteiger partial charge in [-0.15, -0.1) is 0 Å². The van der Waals surface area contributed by atoms with E-state index in [2.05, 4.69) is 85.9 Å². The highest BCUT2D eigenvalue weighted by atomic mass is 28.3. The monoisotopic (exact) mass is 382 g/mol. The van der Waals surface area contributed by atoms with Crippen molar-refractivity contribution in [3.8, 4) is 5.75 Å². The molecule has 1 aromatic carbocycles. The predicted molar refractivity (Wildman–Crippen MR) is 112 cm³/mol. The molecule has 0 spiro atoms. The zero-order valence-corrected chi connectivity index (χ0v) is 19.2. The molecule has 1 rings (SSSR count). The number of hydrogen-bond acceptors (Lipinski definition) is 1. The van der Waals surface area contributed by atoms with Gasteiger partial charge in [0.1, 0.15) is 12.4 Å². The van der Waals surface area contributed by atoms with Crippen molar-refractivity contribution < 1.29 is 13.5 Å². The van der Waals surface area contributed by atoms with Gasteiger partial charge in [0, 0.05) is 11.1 Å². The molecule has 0 amide bonds. The number of alkyl halides is 2. The molecule has 0 aromatic heterocycles. The summed E-state index contributed by atoms with van der Waals surface area (Å²) >= 11 is 0. The molecule has 0 fully saturated rings. The van der Waals surface area contributed by atoms with Gasteiger partial charge in [0.05, 0.1) is 8.07 Å². The van der Waals surface area contributed by atoms with Crippen molar-refractivity contribution in [2.75, 3.05) is 6.61 Å². The van der Waals surface area contributed by atoms with E-state index in [1.807, 2.05) is 0 Å². The maximum Gasteiger partial charge on any atom is 0.272 e. The highest BCUT2D eigenvalue weighted by Crippen LogP contribution is 2.41. The van der Waals surface area contributed by atoms with Crippen LogP contribution in [0.15, 0.2) is 17.8 Å². The van der Waals surface area contributed by atoms with Crippen LogP contribution in [0.2, 0.25) is 19.6 Å². The van der Waals surface area contributed by atoms with E-state index in [4.69, 9.17) is 4.74 Å². The topological polar surface area (TPSA) is 9.23 Å². The maximum absolute atomic E-state index is 12.9. The van der Waals surface area contributed by atoms with Crippen LogP contribution in [0.3, 0.4) is 0 Å². The number of ether oxygens (including phenoxy) is 1. The zero-order chi connectivity index (χ0) is 20.5. The smallest absolute Gasteiger partial charge is 0.272 e. The Hall–Kier alpha value is -1.16. The number of hydrogen-bond donors (Lipinski definition) is 0. The van der Waals surface area contributed by atoms with Gasteiger partial charge in [0.15, 0.2) is 0 Å². The lowest BCUT2D eigenvalue weighted by atomic mass is 9.78. The van der Waals surface area contributed by atoms with Crippen LogP contribution in [-0.4, -0.2) is 21.1 Å². The van der Waals surface area contributed by atoms with Gasteiger partial charge in [-0.05, 0) is 35.0 Å². The number of benzene rings is 1. The lowest BCUT2D eigenvalue weighted by molar-refractivity contribution is 0.0807. The molecule has 0 heterocycles. The van der Waals surface area contributed by atoms with Crippen molar-refractivity contribution in [1.29, 1.82) is 0 Å². The standard InChI is InChI=1S/C22H36F2OSi/c1-15(14-26(8,9)10)17-11-16(21(2,3)4)12-18(22(5,6)7)20(17)25-13-19(23)24/h11-12,14,19H,13H2,1-10H3/b15-14+. The van der Waals surface area contributed by atoms with E-state index in [1.54, 1.807) is 0 Å². The maximum atomic E-state index is 12.9. The Morgan fingerprint density at radius 3 is 1.96 bits per heavy atom. The number of allylic oxidation sites excluding steroid dienone is 1. The SMILES string of the molecule is C/C(=C\[Si](C)(C)C)c1cc(C(C)(C)C)cc(C(C)(C)C)c1OCC(F)F. The van der Waals surface area contributed by atoms with Gasteiger partial charge in [-0.1, -0.05) is 72.9 Å². The number of halogens is 2. The highest BCUT2D eigenvalue weighted by Gasteiger charge is 2.27. The predicted octanol–water partition coefficient (Wildman–Crippen LogP) is 7.21. The molecule has 1 nitrogen and oxygen atoms in total. The van der Waals surface area contributed by atoms with E-state index in [0.717, 1.165) is 16.7 Å². The van der Waals surface area contributed by atoms with E-state index in [0.29, 0.717) is 5.75 Å². The van der Waals surface area contributed by atoms with Crippen molar-refractivity contribution in [3.05, 3.63) is 34.5 Å². The molecule has 0 unspecified atom stereocenters. The number of rotatable bonds is 5. The summed E-state index contributed by atoms with van der Waals surface area (Å²) in [6, 6.07) is 4.26. The minimum atomic E-state index is -2.49. The summed E-state index contributed by atoms with van der Waals surface area (Å²) in [5.74, 6) is 0.609. The van der Waals surface area contributed by atoms with E-state index in [9.17, 15) is 8.78 Å². The fraction of sp³-hybridized carbons (Fsp3) is 0.636. The van der Waals surface area contributed by atoms with E-state index < -0.39 is 21.1 Å². The highest BCUT2D eigenvalue weighted by molar-refractivity contribution is 6.81. The first-order valence-electron chi connectivity index (χ1n) is 9.32. The minimum Gasteiger partial charge on any atom is -0.487 e. The quantitative estimate of drug-likeness (QED) is 0.489. The Morgan fingerprint density at radius 1 is 1.04 bits per heavy atom. The van der Waals surface area contributed by atoms with Crippen molar-refractivity contribution in [2.45, 2.75) is 85.4 Å². The third-order valence-electron chi connectivity index (χ3n) is 4.19. The lowest BCUT2D eigenvalue weighted by Gasteiger charge is -2.30. The van der Waals surface area contributed by atoms with Crippen molar-refractivity contribution in [3.63, 3.8) is 0 Å². The molecule has 0 aliphatic carbocycles. The van der Waals surface area contributed by atoms with Crippen LogP contribution in [-0.2, 0) is 10.8 Å². The van der Waals surface area contributed by atoms with Crippen LogP contribution in [0.5, 0.6) is 5.75 Å². The molecule has 26 heavy (non-hydrogen) atoms. The second-order valence-corrected chi connectivity index (χ2v) is 15.3. The summed E-state index contributed by atoms with van der Waals surface area (Å²) in [5.41, 5.74) is 6.34. The fourth-order valence-corrected chi connectivity index (χ4v) is 4.40. The molecule has 0 saturated heterocycles. The van der Waals surface area contributed by atoms with Crippen molar-refractivity contribution >= 4 is 13.6 Å². The first-order chi connectivity index (χ1) is 11.5. The summed E-state index contributed by atoms with van der Waals surface area (Å²) in [4.78, 5) is 0. The van der Waals surface area contributed by atoms with E-state index in [1.165, 1.54) is 5.56 Å². The van der Waals surface area contributed by atoms with E-state index in [-0.39, 0.29) is 10.8 Å². The van der Waals surface area contributed by atoms with Crippen LogP contribution in [0.1, 0.15) is 65.2 Å². The summed E-state index contributed by atoms with van der Waals surface area (Å²) in [6.07, 6.45) is -2.49. The Balaban J connectivity index is 3.78. The Kier molecular flexibility index (Phi) is 6.89. The molecule has 148 valence electrons. The van der Waals surface area contributed by atoms with E-state index >= 15 is 0 Å². The summed E-state index contributed by atoms with van der Waals surface area (Å²) in [5, 5.41) is 0. The Labute approximate surface area is 159 Å². The molecule has 4 heteroatoms. The van der Waals surface area contributed by atoms with Gasteiger partial charge in [0.2, 0.25) is 0 Å². The van der Waals surface area contributed by atoms with Crippen LogP contribution < -0.4 is 4.74 Å². The van der Waals surface area contributed by atoms with Crippen LogP contribution in [0.4, 0.5) is 8.78 Å². The summed E-state index contributed by atoms with van der Waals surface area (Å²) in [6.45, 7) is 21.1. The van der Waals surface area contributed by atoms with Gasteiger partial charge in [-0.3, -0.25) is 0 Å². The second kappa shape index (κ2) is 7.83. The van der Waals surface area contributed by atoms with Crippen LogP contribution >= 0.6 is 0 Å². The molecule has 0 saturated carbocycles. The van der Waals surface area contributed by atoms with Crippen LogP contribution in [0, 0.1) is 0 Å². The average molecular weight is 383 g/mol. The van der Waals surface area contributed by atoms with Crippen molar-refractivity contribution in [2.24, 2.45) is 0 Å². The molecular weight excluding hydrogens is 346 g/mol. The molecule has 0 radical (unpaired) electrons. The summed E-state index contributed by atoms with van der Waals surface area (Å²) in [7, 11) is -1.46. The molecular formula is C22H36F2OSi. The lowest BCUT2D eigenvalue weighted by Crippen LogP contribution is -2.21. The fourth-order valence-electron chi connectivity index (χ4n) is 2.94. The largest absolute Gasteiger partial charge is 0.487 e. The Bertz CT molecular complexity index is 656. The third kappa shape index (κ3) is 6.53. The van der Waals surface area contributed by atoms with Gasteiger partial charge in [-0.25, -0.2) is 8.78 Å². The van der Waals surface area contributed by atoms with Crippen LogP contribution in [0.25, 0.3) is 5.57 Å². The van der Waals surface area contributed by atoms with Gasteiger partial charge in [0.25, 0.3) is 6.43 Å². The normalized spacial score (nSPS) is 14.1. The average Bonchev–Trinajstić information content (AvgIpc) is 2.40. The van der Waals surface area contributed by atoms with Gasteiger partial charge < -0.3 is 4.74 Å². The zero-order valence-electron chi connectivity index (χ0n) is 18.2. The minimum absolute atomic E-state index is 0.0323. The Morgan fingerprint density at radius 2 is 1.58 bits per heavy atom. The molecule has 0 N–H and O–H groups in total. The molecule has 1 aromatic rings. The first-order valence-corrected chi connectivity index (χ1v) is 12.9. The molecule has 0 aliphatic rings. The van der Waals surface area contributed by atoms with Gasteiger partial charge >= 0.3 is 0 Å². The van der Waals surface area contributed by atoms with Crippen molar-refractivity contribution in [1.82, 2.24) is 0 Å². The molecule has 0 aliphatic heterocycles. The third-order valence-corrected chi connectivity index (χ3v) is 5.49.